The van der Waals surface area contributed by atoms with Crippen molar-refractivity contribution in [1.82, 2.24) is 4.98 Å². The number of aromatic nitrogens is 1. The van der Waals surface area contributed by atoms with Crippen LogP contribution in [0.5, 0.6) is 5.75 Å². The molecule has 130 valence electrons. The van der Waals surface area contributed by atoms with Crippen molar-refractivity contribution in [1.29, 1.82) is 0 Å². The van der Waals surface area contributed by atoms with E-state index in [0.29, 0.717) is 11.4 Å². The summed E-state index contributed by atoms with van der Waals surface area (Å²) in [4.78, 5) is 6.60. The SMILES string of the molecule is CCN(CC)c1ccc(NS(=O)(=O)c2ccc(OC)c(C)c2)cn1. The van der Waals surface area contributed by atoms with Crippen LogP contribution in [-0.4, -0.2) is 33.6 Å². The second-order valence-electron chi connectivity index (χ2n) is 5.31. The number of nitrogens with one attached hydrogen (secondary N) is 1. The van der Waals surface area contributed by atoms with E-state index in [1.807, 2.05) is 19.9 Å². The molecule has 0 atom stereocenters. The molecule has 7 heteroatoms. The minimum absolute atomic E-state index is 0.189. The van der Waals surface area contributed by atoms with Gasteiger partial charge in [-0.2, -0.15) is 0 Å². The molecule has 1 aromatic heterocycles. The first-order valence-corrected chi connectivity index (χ1v) is 9.28. The van der Waals surface area contributed by atoms with E-state index in [2.05, 4.69) is 14.6 Å². The zero-order valence-corrected chi connectivity index (χ0v) is 15.2. The Labute approximate surface area is 143 Å². The van der Waals surface area contributed by atoms with Crippen LogP contribution >= 0.6 is 0 Å². The Hall–Kier alpha value is -2.28. The van der Waals surface area contributed by atoms with Crippen LogP contribution in [0.4, 0.5) is 11.5 Å². The molecule has 1 N–H and O–H groups in total. The third-order valence-electron chi connectivity index (χ3n) is 3.76. The molecule has 0 aliphatic heterocycles. The first kappa shape index (κ1) is 18.1. The van der Waals surface area contributed by atoms with Gasteiger partial charge in [0.25, 0.3) is 10.0 Å². The molecule has 0 radical (unpaired) electrons. The number of pyridine rings is 1. The van der Waals surface area contributed by atoms with Gasteiger partial charge in [-0.25, -0.2) is 13.4 Å². The summed E-state index contributed by atoms with van der Waals surface area (Å²) in [7, 11) is -2.11. The Morgan fingerprint density at radius 1 is 1.17 bits per heavy atom. The van der Waals surface area contributed by atoms with Crippen molar-refractivity contribution in [2.24, 2.45) is 0 Å². The smallest absolute Gasteiger partial charge is 0.261 e. The van der Waals surface area contributed by atoms with Gasteiger partial charge in [-0.1, -0.05) is 0 Å². The Balaban J connectivity index is 2.21. The van der Waals surface area contributed by atoms with E-state index in [-0.39, 0.29) is 4.90 Å². The number of ether oxygens (including phenoxy) is 1. The number of nitrogens with zero attached hydrogens (tertiary/aromatic N) is 2. The van der Waals surface area contributed by atoms with Gasteiger partial charge in [0.05, 0.1) is 23.9 Å². The van der Waals surface area contributed by atoms with Crippen LogP contribution in [0.15, 0.2) is 41.4 Å². The highest BCUT2D eigenvalue weighted by Gasteiger charge is 2.16. The van der Waals surface area contributed by atoms with Crippen LogP contribution in [0.3, 0.4) is 0 Å². The Kier molecular flexibility index (Phi) is 5.66. The van der Waals surface area contributed by atoms with Crippen LogP contribution in [-0.2, 0) is 10.0 Å². The first-order chi connectivity index (χ1) is 11.4. The van der Waals surface area contributed by atoms with E-state index in [0.717, 1.165) is 24.5 Å². The summed E-state index contributed by atoms with van der Waals surface area (Å²) in [6, 6.07) is 8.27. The number of sulfonamides is 1. The summed E-state index contributed by atoms with van der Waals surface area (Å²) in [5.41, 5.74) is 1.19. The number of benzene rings is 1. The van der Waals surface area contributed by atoms with Crippen LogP contribution in [0.2, 0.25) is 0 Å². The highest BCUT2D eigenvalue weighted by molar-refractivity contribution is 7.92. The third kappa shape index (κ3) is 3.97. The quantitative estimate of drug-likeness (QED) is 0.832. The molecule has 0 aliphatic carbocycles. The van der Waals surface area contributed by atoms with Gasteiger partial charge in [-0.15, -0.1) is 0 Å². The zero-order chi connectivity index (χ0) is 17.7. The summed E-state index contributed by atoms with van der Waals surface area (Å²) >= 11 is 0. The fourth-order valence-corrected chi connectivity index (χ4v) is 3.54. The average Bonchev–Trinajstić information content (AvgIpc) is 2.57. The minimum Gasteiger partial charge on any atom is -0.496 e. The van der Waals surface area contributed by atoms with Gasteiger partial charge >= 0.3 is 0 Å². The van der Waals surface area contributed by atoms with Crippen molar-refractivity contribution in [3.8, 4) is 5.75 Å². The monoisotopic (exact) mass is 349 g/mol. The first-order valence-electron chi connectivity index (χ1n) is 7.79. The predicted octanol–water partition coefficient (Wildman–Crippen LogP) is 3.05. The molecule has 0 unspecified atom stereocenters. The van der Waals surface area contributed by atoms with Crippen molar-refractivity contribution in [3.63, 3.8) is 0 Å². The van der Waals surface area contributed by atoms with Crippen LogP contribution in [0.1, 0.15) is 19.4 Å². The van der Waals surface area contributed by atoms with Gasteiger partial charge in [0, 0.05) is 13.1 Å². The molecule has 2 aromatic rings. The van der Waals surface area contributed by atoms with E-state index in [4.69, 9.17) is 4.74 Å². The Bertz CT molecular complexity index is 785. The number of methoxy groups -OCH3 is 1. The van der Waals surface area contributed by atoms with Crippen LogP contribution in [0, 0.1) is 6.92 Å². The van der Waals surface area contributed by atoms with E-state index >= 15 is 0 Å². The molecule has 0 fully saturated rings. The molecular weight excluding hydrogens is 326 g/mol. The highest BCUT2D eigenvalue weighted by Crippen LogP contribution is 2.23. The van der Waals surface area contributed by atoms with Crippen molar-refractivity contribution in [3.05, 3.63) is 42.1 Å². The molecule has 1 heterocycles. The van der Waals surface area contributed by atoms with E-state index in [9.17, 15) is 8.42 Å². The second-order valence-corrected chi connectivity index (χ2v) is 7.00. The molecule has 0 spiro atoms. The van der Waals surface area contributed by atoms with E-state index in [1.54, 1.807) is 32.2 Å². The average molecular weight is 349 g/mol. The Morgan fingerprint density at radius 2 is 1.88 bits per heavy atom. The van der Waals surface area contributed by atoms with Crippen molar-refractivity contribution in [2.45, 2.75) is 25.7 Å². The summed E-state index contributed by atoms with van der Waals surface area (Å²) in [6.07, 6.45) is 1.53. The van der Waals surface area contributed by atoms with Gasteiger partial charge in [0.1, 0.15) is 11.6 Å². The standard InChI is InChI=1S/C17H23N3O3S/c1-5-20(6-2)17-10-7-14(12-18-17)19-24(21,22)15-8-9-16(23-4)13(3)11-15/h7-12,19H,5-6H2,1-4H3. The lowest BCUT2D eigenvalue weighted by Crippen LogP contribution is -2.23. The van der Waals surface area contributed by atoms with Crippen molar-refractivity contribution >= 4 is 21.5 Å². The number of hydrogen-bond acceptors (Lipinski definition) is 5. The number of rotatable bonds is 7. The number of anilines is 2. The molecule has 2 rings (SSSR count). The molecule has 0 saturated heterocycles. The zero-order valence-electron chi connectivity index (χ0n) is 14.4. The minimum atomic E-state index is -3.66. The number of aryl methyl sites for hydroxylation is 1. The lowest BCUT2D eigenvalue weighted by atomic mass is 10.2. The highest BCUT2D eigenvalue weighted by atomic mass is 32.2. The van der Waals surface area contributed by atoms with Gasteiger partial charge in [0.15, 0.2) is 0 Å². The molecule has 24 heavy (non-hydrogen) atoms. The maximum atomic E-state index is 12.5. The topological polar surface area (TPSA) is 71.5 Å². The molecule has 1 aromatic carbocycles. The van der Waals surface area contributed by atoms with Gasteiger partial charge in [-0.3, -0.25) is 4.72 Å². The normalized spacial score (nSPS) is 11.2. The van der Waals surface area contributed by atoms with E-state index in [1.165, 1.54) is 12.3 Å². The molecule has 0 aliphatic rings. The molecule has 0 bridgehead atoms. The van der Waals surface area contributed by atoms with Crippen LogP contribution in [0.25, 0.3) is 0 Å². The van der Waals surface area contributed by atoms with Crippen molar-refractivity contribution < 1.29 is 13.2 Å². The maximum absolute atomic E-state index is 12.5. The third-order valence-corrected chi connectivity index (χ3v) is 5.14. The van der Waals surface area contributed by atoms with Gasteiger partial charge in [-0.05, 0) is 56.7 Å². The largest absolute Gasteiger partial charge is 0.496 e. The summed E-state index contributed by atoms with van der Waals surface area (Å²) in [6.45, 7) is 7.60. The summed E-state index contributed by atoms with van der Waals surface area (Å²) < 4.78 is 32.7. The Morgan fingerprint density at radius 3 is 2.38 bits per heavy atom. The molecular formula is C17H23N3O3S. The predicted molar refractivity (Wildman–Crippen MR) is 96.3 cm³/mol. The van der Waals surface area contributed by atoms with Crippen molar-refractivity contribution in [2.75, 3.05) is 29.8 Å². The van der Waals surface area contributed by atoms with Gasteiger partial charge in [0.2, 0.25) is 0 Å². The second kappa shape index (κ2) is 7.53. The summed E-state index contributed by atoms with van der Waals surface area (Å²) in [5, 5.41) is 0. The molecule has 0 amide bonds. The lowest BCUT2D eigenvalue weighted by Gasteiger charge is -2.19. The fraction of sp³-hybridized carbons (Fsp3) is 0.353. The fourth-order valence-electron chi connectivity index (χ4n) is 2.41. The molecule has 0 saturated carbocycles. The number of hydrogen-bond donors (Lipinski definition) is 1. The van der Waals surface area contributed by atoms with E-state index < -0.39 is 10.0 Å². The molecule has 6 nitrogen and oxygen atoms in total. The lowest BCUT2D eigenvalue weighted by molar-refractivity contribution is 0.411. The van der Waals surface area contributed by atoms with Crippen LogP contribution < -0.4 is 14.4 Å². The summed E-state index contributed by atoms with van der Waals surface area (Å²) in [5.74, 6) is 1.47. The van der Waals surface area contributed by atoms with Gasteiger partial charge < -0.3 is 9.64 Å². The maximum Gasteiger partial charge on any atom is 0.261 e.